The molecular formula is C20H21N3O5. The van der Waals surface area contributed by atoms with E-state index >= 15 is 0 Å². The second kappa shape index (κ2) is 7.99. The molecule has 1 aromatic carbocycles. The van der Waals surface area contributed by atoms with Gasteiger partial charge in [0.25, 0.3) is 0 Å². The van der Waals surface area contributed by atoms with Crippen molar-refractivity contribution in [3.63, 3.8) is 0 Å². The molecule has 2 heterocycles. The number of rotatable bonds is 7. The molecule has 3 N–H and O–H groups in total. The van der Waals surface area contributed by atoms with Crippen molar-refractivity contribution in [3.8, 4) is 17.0 Å². The monoisotopic (exact) mass is 383 g/mol. The van der Waals surface area contributed by atoms with E-state index in [1.807, 2.05) is 6.92 Å². The lowest BCUT2D eigenvalue weighted by Crippen LogP contribution is -2.14. The Hall–Kier alpha value is -3.55. The molecule has 0 radical (unpaired) electrons. The zero-order chi connectivity index (χ0) is 20.3. The Bertz CT molecular complexity index is 1000. The summed E-state index contributed by atoms with van der Waals surface area (Å²) in [4.78, 5) is 23.5. The average molecular weight is 383 g/mol. The highest BCUT2D eigenvalue weighted by Crippen LogP contribution is 2.28. The van der Waals surface area contributed by atoms with E-state index in [-0.39, 0.29) is 29.3 Å². The fourth-order valence-corrected chi connectivity index (χ4v) is 3.04. The van der Waals surface area contributed by atoms with Crippen LogP contribution < -0.4 is 5.32 Å². The van der Waals surface area contributed by atoms with Gasteiger partial charge >= 0.3 is 5.97 Å². The molecule has 2 aromatic heterocycles. The Kier molecular flexibility index (Phi) is 5.49. The number of aryl methyl sites for hydroxylation is 2. The third-order valence-corrected chi connectivity index (χ3v) is 4.40. The maximum absolute atomic E-state index is 12.3. The number of hydrogen-bond acceptors (Lipinski definition) is 5. The maximum atomic E-state index is 12.3. The lowest BCUT2D eigenvalue weighted by atomic mass is 10.0. The third-order valence-electron chi connectivity index (χ3n) is 4.40. The fourth-order valence-electron chi connectivity index (χ4n) is 3.04. The molecule has 8 heteroatoms. The minimum atomic E-state index is -1.10. The van der Waals surface area contributed by atoms with Crippen LogP contribution in [0, 0.1) is 0 Å². The van der Waals surface area contributed by atoms with Crippen LogP contribution in [0.3, 0.4) is 0 Å². The minimum absolute atomic E-state index is 0.0411. The first-order chi connectivity index (χ1) is 13.4. The largest absolute Gasteiger partial charge is 0.508 e. The van der Waals surface area contributed by atoms with Crippen molar-refractivity contribution in [2.24, 2.45) is 7.05 Å². The summed E-state index contributed by atoms with van der Waals surface area (Å²) >= 11 is 0. The van der Waals surface area contributed by atoms with E-state index < -0.39 is 5.97 Å². The number of carbonyl (C=O) groups excluding carboxylic acids is 1. The van der Waals surface area contributed by atoms with Crippen LogP contribution >= 0.6 is 0 Å². The molecule has 0 fully saturated rings. The third kappa shape index (κ3) is 4.06. The number of nitrogens with zero attached hydrogens (tertiary/aromatic N) is 2. The number of carboxylic acid groups (broad SMARTS) is 1. The van der Waals surface area contributed by atoms with Crippen LogP contribution in [0.4, 0.5) is 5.69 Å². The second-order valence-corrected chi connectivity index (χ2v) is 6.44. The highest BCUT2D eigenvalue weighted by Gasteiger charge is 2.19. The predicted octanol–water partition coefficient (Wildman–Crippen LogP) is 3.22. The Morgan fingerprint density at radius 1 is 1.21 bits per heavy atom. The summed E-state index contributed by atoms with van der Waals surface area (Å²) in [6, 6.07) is 6.67. The van der Waals surface area contributed by atoms with Crippen molar-refractivity contribution in [1.29, 1.82) is 0 Å². The summed E-state index contributed by atoms with van der Waals surface area (Å²) in [5, 5.41) is 25.4. The van der Waals surface area contributed by atoms with Gasteiger partial charge in [0, 0.05) is 43.4 Å². The smallest absolute Gasteiger partial charge is 0.339 e. The van der Waals surface area contributed by atoms with Gasteiger partial charge in [0.1, 0.15) is 22.8 Å². The molecule has 0 spiro atoms. The molecule has 0 bridgehead atoms. The van der Waals surface area contributed by atoms with Gasteiger partial charge in [-0.1, -0.05) is 12.1 Å². The number of benzene rings is 1. The van der Waals surface area contributed by atoms with Gasteiger partial charge in [0.05, 0.1) is 5.69 Å². The molecule has 0 aliphatic rings. The molecule has 0 atom stereocenters. The standard InChI is InChI=1S/C20H21N3O5/c1-3-14-17(28-22-19(14)12-4-6-13(24)7-5-12)8-9-18(25)21-16-11-23(2)10-15(16)20(26)27/h4-7,10-11,24H,3,8-9H2,1-2H3,(H,21,25)(H,26,27). The fraction of sp³-hybridized carbons (Fsp3) is 0.250. The molecule has 3 aromatic rings. The van der Waals surface area contributed by atoms with Gasteiger partial charge in [0.2, 0.25) is 5.91 Å². The van der Waals surface area contributed by atoms with Crippen molar-refractivity contribution < 1.29 is 24.3 Å². The summed E-state index contributed by atoms with van der Waals surface area (Å²) in [5.74, 6) is -0.618. The average Bonchev–Trinajstić information content (AvgIpc) is 3.23. The van der Waals surface area contributed by atoms with Gasteiger partial charge in [-0.05, 0) is 30.7 Å². The lowest BCUT2D eigenvalue weighted by molar-refractivity contribution is -0.116. The first-order valence-corrected chi connectivity index (χ1v) is 8.85. The Balaban J connectivity index is 1.70. The number of aromatic hydroxyl groups is 1. The number of anilines is 1. The molecule has 0 unspecified atom stereocenters. The van der Waals surface area contributed by atoms with Crippen LogP contribution in [-0.2, 0) is 24.7 Å². The molecule has 0 aliphatic carbocycles. The van der Waals surface area contributed by atoms with Gasteiger partial charge in [-0.25, -0.2) is 4.79 Å². The van der Waals surface area contributed by atoms with Crippen LogP contribution in [-0.4, -0.2) is 31.8 Å². The molecule has 0 saturated heterocycles. The number of nitrogens with one attached hydrogen (secondary N) is 1. The van der Waals surface area contributed by atoms with Gasteiger partial charge in [-0.2, -0.15) is 0 Å². The van der Waals surface area contributed by atoms with Crippen molar-refractivity contribution in [3.05, 3.63) is 53.5 Å². The highest BCUT2D eigenvalue weighted by molar-refractivity contribution is 6.00. The summed E-state index contributed by atoms with van der Waals surface area (Å²) in [7, 11) is 1.69. The van der Waals surface area contributed by atoms with E-state index in [1.54, 1.807) is 42.1 Å². The molecule has 0 aliphatic heterocycles. The number of phenols is 1. The zero-order valence-corrected chi connectivity index (χ0v) is 15.6. The van der Waals surface area contributed by atoms with Crippen LogP contribution in [0.2, 0.25) is 0 Å². The topological polar surface area (TPSA) is 118 Å². The van der Waals surface area contributed by atoms with Crippen molar-refractivity contribution >= 4 is 17.6 Å². The maximum Gasteiger partial charge on any atom is 0.339 e. The van der Waals surface area contributed by atoms with Crippen molar-refractivity contribution in [2.45, 2.75) is 26.2 Å². The van der Waals surface area contributed by atoms with E-state index in [0.29, 0.717) is 24.3 Å². The summed E-state index contributed by atoms with van der Waals surface area (Å²) in [5.41, 5.74) is 2.72. The van der Waals surface area contributed by atoms with Gasteiger partial charge < -0.3 is 24.6 Å². The first kappa shape index (κ1) is 19.2. The molecule has 0 saturated carbocycles. The highest BCUT2D eigenvalue weighted by atomic mass is 16.5. The summed E-state index contributed by atoms with van der Waals surface area (Å²) in [6.07, 6.45) is 4.14. The lowest BCUT2D eigenvalue weighted by Gasteiger charge is -2.05. The molecule has 1 amide bonds. The van der Waals surface area contributed by atoms with Crippen LogP contribution in [0.1, 0.15) is 35.0 Å². The zero-order valence-electron chi connectivity index (χ0n) is 15.6. The SMILES string of the molecule is CCc1c(-c2ccc(O)cc2)noc1CCC(=O)Nc1cn(C)cc1C(=O)O. The quantitative estimate of drug-likeness (QED) is 0.577. The molecule has 146 valence electrons. The molecular weight excluding hydrogens is 362 g/mol. The van der Waals surface area contributed by atoms with Gasteiger partial charge in [-0.15, -0.1) is 0 Å². The predicted molar refractivity (Wildman–Crippen MR) is 102 cm³/mol. The van der Waals surface area contributed by atoms with Crippen LogP contribution in [0.5, 0.6) is 5.75 Å². The number of phenolic OH excluding ortho intramolecular Hbond substituents is 1. The van der Waals surface area contributed by atoms with E-state index in [1.165, 1.54) is 6.20 Å². The Morgan fingerprint density at radius 2 is 1.93 bits per heavy atom. The van der Waals surface area contributed by atoms with E-state index in [9.17, 15) is 19.8 Å². The Morgan fingerprint density at radius 3 is 2.57 bits per heavy atom. The first-order valence-electron chi connectivity index (χ1n) is 8.85. The molecule has 8 nitrogen and oxygen atoms in total. The summed E-state index contributed by atoms with van der Waals surface area (Å²) < 4.78 is 7.03. The number of amides is 1. The number of carboxylic acids is 1. The normalized spacial score (nSPS) is 10.8. The molecule has 28 heavy (non-hydrogen) atoms. The number of aromatic nitrogens is 2. The van der Waals surface area contributed by atoms with Gasteiger partial charge in [0.15, 0.2) is 0 Å². The number of hydrogen-bond donors (Lipinski definition) is 3. The van der Waals surface area contributed by atoms with E-state index in [0.717, 1.165) is 11.1 Å². The van der Waals surface area contributed by atoms with E-state index in [2.05, 4.69) is 10.5 Å². The van der Waals surface area contributed by atoms with Crippen molar-refractivity contribution in [1.82, 2.24) is 9.72 Å². The van der Waals surface area contributed by atoms with Crippen molar-refractivity contribution in [2.75, 3.05) is 5.32 Å². The van der Waals surface area contributed by atoms with E-state index in [4.69, 9.17) is 4.52 Å². The van der Waals surface area contributed by atoms with Crippen LogP contribution in [0.25, 0.3) is 11.3 Å². The number of aromatic carboxylic acids is 1. The minimum Gasteiger partial charge on any atom is -0.508 e. The Labute approximate surface area is 161 Å². The molecule has 3 rings (SSSR count). The van der Waals surface area contributed by atoms with Crippen LogP contribution in [0.15, 0.2) is 41.2 Å². The van der Waals surface area contributed by atoms with Gasteiger partial charge in [-0.3, -0.25) is 4.79 Å². The summed E-state index contributed by atoms with van der Waals surface area (Å²) in [6.45, 7) is 1.98. The second-order valence-electron chi connectivity index (χ2n) is 6.44. The number of carbonyl (C=O) groups is 2.